The molecule has 0 atom stereocenters. The van der Waals surface area contributed by atoms with Crippen LogP contribution in [0.3, 0.4) is 0 Å². The number of hydrogen-bond donors (Lipinski definition) is 2. The zero-order valence-electron chi connectivity index (χ0n) is 12.6. The SMILES string of the molecule is CC(C)(C)OC(=O)NS(=O)(=O)c1coc2c(O)cccc2c1=O. The predicted molar refractivity (Wildman–Crippen MR) is 80.7 cm³/mol. The zero-order chi connectivity index (χ0) is 17.4. The second-order valence-electron chi connectivity index (χ2n) is 5.69. The highest BCUT2D eigenvalue weighted by Gasteiger charge is 2.26. The summed E-state index contributed by atoms with van der Waals surface area (Å²) in [5.41, 5.74) is -1.95. The summed E-state index contributed by atoms with van der Waals surface area (Å²) in [7, 11) is -4.48. The number of amides is 1. The van der Waals surface area contributed by atoms with Gasteiger partial charge in [-0.2, -0.15) is 0 Å². The number of nitrogens with one attached hydrogen (secondary N) is 1. The Bertz CT molecular complexity index is 922. The minimum absolute atomic E-state index is 0.128. The molecule has 0 aliphatic rings. The van der Waals surface area contributed by atoms with Crippen molar-refractivity contribution in [3.05, 3.63) is 34.7 Å². The van der Waals surface area contributed by atoms with Gasteiger partial charge in [-0.05, 0) is 32.9 Å². The summed E-state index contributed by atoms with van der Waals surface area (Å²) in [6.07, 6.45) is -0.551. The van der Waals surface area contributed by atoms with E-state index in [0.717, 1.165) is 0 Å². The molecule has 1 heterocycles. The maximum absolute atomic E-state index is 12.3. The molecule has 1 aromatic carbocycles. The number of sulfonamides is 1. The van der Waals surface area contributed by atoms with Crippen molar-refractivity contribution >= 4 is 27.1 Å². The van der Waals surface area contributed by atoms with Crippen LogP contribution in [-0.2, 0) is 14.8 Å². The lowest BCUT2D eigenvalue weighted by molar-refractivity contribution is 0.0570. The second kappa shape index (κ2) is 5.58. The minimum Gasteiger partial charge on any atom is -0.504 e. The van der Waals surface area contributed by atoms with Crippen LogP contribution < -0.4 is 10.2 Å². The normalized spacial score (nSPS) is 12.1. The second-order valence-corrected chi connectivity index (χ2v) is 7.34. The number of phenols is 1. The van der Waals surface area contributed by atoms with Crippen LogP contribution in [0.5, 0.6) is 5.75 Å². The molecule has 2 N–H and O–H groups in total. The summed E-state index contributed by atoms with van der Waals surface area (Å²) >= 11 is 0. The number of rotatable bonds is 2. The molecular formula is C14H15NO7S. The molecule has 23 heavy (non-hydrogen) atoms. The van der Waals surface area contributed by atoms with Crippen molar-refractivity contribution in [1.29, 1.82) is 0 Å². The van der Waals surface area contributed by atoms with Crippen LogP contribution in [0.2, 0.25) is 0 Å². The van der Waals surface area contributed by atoms with Gasteiger partial charge in [0.05, 0.1) is 5.39 Å². The third kappa shape index (κ3) is 3.62. The summed E-state index contributed by atoms with van der Waals surface area (Å²) in [6, 6.07) is 3.96. The number of hydrogen-bond acceptors (Lipinski definition) is 7. The van der Waals surface area contributed by atoms with Crippen LogP contribution in [-0.4, -0.2) is 25.2 Å². The summed E-state index contributed by atoms with van der Waals surface area (Å²) < 4.78 is 35.8. The maximum atomic E-state index is 12.3. The molecule has 9 heteroatoms. The first-order valence-electron chi connectivity index (χ1n) is 6.50. The van der Waals surface area contributed by atoms with Gasteiger partial charge in [-0.1, -0.05) is 6.07 Å². The Morgan fingerprint density at radius 3 is 2.57 bits per heavy atom. The van der Waals surface area contributed by atoms with Gasteiger partial charge in [0.1, 0.15) is 11.9 Å². The van der Waals surface area contributed by atoms with E-state index in [0.29, 0.717) is 6.26 Å². The van der Waals surface area contributed by atoms with Gasteiger partial charge in [-0.25, -0.2) is 17.9 Å². The molecule has 1 aromatic heterocycles. The molecule has 124 valence electrons. The van der Waals surface area contributed by atoms with Gasteiger partial charge >= 0.3 is 6.09 Å². The van der Waals surface area contributed by atoms with E-state index in [2.05, 4.69) is 0 Å². The molecule has 0 aliphatic carbocycles. The Labute approximate surface area is 131 Å². The van der Waals surface area contributed by atoms with E-state index >= 15 is 0 Å². The lowest BCUT2D eigenvalue weighted by Crippen LogP contribution is -2.37. The predicted octanol–water partition coefficient (Wildman–Crippen LogP) is 1.71. The third-order valence-corrected chi connectivity index (χ3v) is 3.95. The van der Waals surface area contributed by atoms with Gasteiger partial charge < -0.3 is 14.3 Å². The number of phenolic OH excluding ortho intramolecular Hbond substituents is 1. The van der Waals surface area contributed by atoms with E-state index in [1.807, 2.05) is 0 Å². The summed E-state index contributed by atoms with van der Waals surface area (Å²) in [5.74, 6) is -0.302. The van der Waals surface area contributed by atoms with Crippen molar-refractivity contribution in [2.45, 2.75) is 31.3 Å². The molecule has 2 aromatic rings. The van der Waals surface area contributed by atoms with E-state index in [1.54, 1.807) is 25.5 Å². The molecule has 8 nitrogen and oxygen atoms in total. The van der Waals surface area contributed by atoms with Crippen molar-refractivity contribution in [3.8, 4) is 5.75 Å². The Morgan fingerprint density at radius 2 is 1.96 bits per heavy atom. The van der Waals surface area contributed by atoms with Crippen molar-refractivity contribution in [3.63, 3.8) is 0 Å². The van der Waals surface area contributed by atoms with Gasteiger partial charge in [-0.3, -0.25) is 4.79 Å². The van der Waals surface area contributed by atoms with Crippen molar-refractivity contribution in [2.24, 2.45) is 0 Å². The van der Waals surface area contributed by atoms with Crippen LogP contribution >= 0.6 is 0 Å². The van der Waals surface area contributed by atoms with Crippen molar-refractivity contribution in [1.82, 2.24) is 4.72 Å². The van der Waals surface area contributed by atoms with E-state index in [4.69, 9.17) is 9.15 Å². The quantitative estimate of drug-likeness (QED) is 0.852. The zero-order valence-corrected chi connectivity index (χ0v) is 13.4. The molecular weight excluding hydrogens is 326 g/mol. The standard InChI is InChI=1S/C14H15NO7S/c1-14(2,3)22-13(18)15-23(19,20)10-7-21-12-8(11(10)17)5-4-6-9(12)16/h4-7,16H,1-3H3,(H,15,18). The number of para-hydroxylation sites is 1. The summed E-state index contributed by atoms with van der Waals surface area (Å²) in [5, 5.41) is 9.46. The van der Waals surface area contributed by atoms with Crippen LogP contribution in [0.25, 0.3) is 11.0 Å². The first-order chi connectivity index (χ1) is 10.5. The first kappa shape index (κ1) is 16.8. The van der Waals surface area contributed by atoms with E-state index in [9.17, 15) is 23.1 Å². The Balaban J connectivity index is 2.45. The Morgan fingerprint density at radius 1 is 1.30 bits per heavy atom. The molecule has 0 unspecified atom stereocenters. The van der Waals surface area contributed by atoms with Gasteiger partial charge in [-0.15, -0.1) is 0 Å². The van der Waals surface area contributed by atoms with Crippen LogP contribution in [0.15, 0.2) is 38.6 Å². The Hall–Kier alpha value is -2.55. The van der Waals surface area contributed by atoms with Gasteiger partial charge in [0, 0.05) is 0 Å². The fourth-order valence-electron chi connectivity index (χ4n) is 1.78. The van der Waals surface area contributed by atoms with Gasteiger partial charge in [0.25, 0.3) is 10.0 Å². The molecule has 0 fully saturated rings. The Kier molecular flexibility index (Phi) is 4.08. The fourth-order valence-corrected chi connectivity index (χ4v) is 2.68. The largest absolute Gasteiger partial charge is 0.504 e. The molecule has 1 amide bonds. The average Bonchev–Trinajstić information content (AvgIpc) is 2.36. The highest BCUT2D eigenvalue weighted by atomic mass is 32.2. The van der Waals surface area contributed by atoms with Crippen molar-refractivity contribution in [2.75, 3.05) is 0 Å². The molecule has 0 radical (unpaired) electrons. The number of ether oxygens (including phenoxy) is 1. The molecule has 0 aliphatic heterocycles. The topological polar surface area (TPSA) is 123 Å². The molecule has 0 saturated carbocycles. The number of benzene rings is 1. The smallest absolute Gasteiger partial charge is 0.421 e. The van der Waals surface area contributed by atoms with Crippen LogP contribution in [0.1, 0.15) is 20.8 Å². The summed E-state index contributed by atoms with van der Waals surface area (Å²) in [6.45, 7) is 4.69. The van der Waals surface area contributed by atoms with E-state index < -0.39 is 32.0 Å². The lowest BCUT2D eigenvalue weighted by Gasteiger charge is -2.19. The third-order valence-electron chi connectivity index (χ3n) is 2.65. The number of carbonyl (C=O) groups is 1. The fraction of sp³-hybridized carbons (Fsp3) is 0.286. The number of fused-ring (bicyclic) bond motifs is 1. The highest BCUT2D eigenvalue weighted by Crippen LogP contribution is 2.23. The minimum atomic E-state index is -4.48. The average molecular weight is 341 g/mol. The summed E-state index contributed by atoms with van der Waals surface area (Å²) in [4.78, 5) is 23.1. The molecule has 0 bridgehead atoms. The molecule has 0 saturated heterocycles. The van der Waals surface area contributed by atoms with Crippen LogP contribution in [0, 0.1) is 0 Å². The highest BCUT2D eigenvalue weighted by molar-refractivity contribution is 7.90. The van der Waals surface area contributed by atoms with Crippen molar-refractivity contribution < 1.29 is 27.5 Å². The lowest BCUT2D eigenvalue weighted by atomic mass is 10.2. The molecule has 0 spiro atoms. The van der Waals surface area contributed by atoms with E-state index in [-0.39, 0.29) is 16.7 Å². The van der Waals surface area contributed by atoms with Gasteiger partial charge in [0.15, 0.2) is 16.2 Å². The first-order valence-corrected chi connectivity index (χ1v) is 7.99. The van der Waals surface area contributed by atoms with Crippen LogP contribution in [0.4, 0.5) is 4.79 Å². The number of carbonyl (C=O) groups excluding carboxylic acids is 1. The maximum Gasteiger partial charge on any atom is 0.421 e. The molecule has 2 rings (SSSR count). The van der Waals surface area contributed by atoms with E-state index in [1.165, 1.54) is 18.2 Å². The monoisotopic (exact) mass is 341 g/mol. The van der Waals surface area contributed by atoms with Gasteiger partial charge in [0.2, 0.25) is 5.43 Å². The number of aromatic hydroxyl groups is 1.